The van der Waals surface area contributed by atoms with Crippen LogP contribution < -0.4 is 0 Å². The molecule has 0 amide bonds. The highest BCUT2D eigenvalue weighted by Crippen LogP contribution is 2.33. The van der Waals surface area contributed by atoms with Crippen LogP contribution in [0.25, 0.3) is 0 Å². The third-order valence-electron chi connectivity index (χ3n) is 3.09. The molecule has 13 heavy (non-hydrogen) atoms. The smallest absolute Gasteiger partial charge is 0.116 e. The Hall–Kier alpha value is 0.567. The number of rotatable bonds is 8. The van der Waals surface area contributed by atoms with E-state index in [0.29, 0.717) is 0 Å². The van der Waals surface area contributed by atoms with Crippen LogP contribution in [0.5, 0.6) is 0 Å². The highest BCUT2D eigenvalue weighted by molar-refractivity contribution is 8.28. The van der Waals surface area contributed by atoms with Crippen molar-refractivity contribution in [3.8, 4) is 0 Å². The lowest BCUT2D eigenvalue weighted by Crippen LogP contribution is -2.27. The largest absolute Gasteiger partial charge is 0.185 e. The van der Waals surface area contributed by atoms with Gasteiger partial charge in [0.1, 0.15) is 7.22 Å². The van der Waals surface area contributed by atoms with Crippen LogP contribution in [0.1, 0.15) is 47.0 Å². The molecule has 0 aliphatic carbocycles. The van der Waals surface area contributed by atoms with Crippen LogP contribution in [0, 0.1) is 0 Å². The van der Waals surface area contributed by atoms with E-state index in [1.54, 1.807) is 0 Å². The fourth-order valence-electron chi connectivity index (χ4n) is 1.70. The average Bonchev–Trinajstić information content (AvgIpc) is 2.20. The summed E-state index contributed by atoms with van der Waals surface area (Å²) in [5.74, 6) is 1.43. The van der Waals surface area contributed by atoms with Crippen LogP contribution in [-0.4, -0.2) is 13.0 Å². The van der Waals surface area contributed by atoms with Crippen molar-refractivity contribution < 1.29 is 0 Å². The molecular formula is C11H26SSi. The van der Waals surface area contributed by atoms with Crippen LogP contribution in [0.2, 0.25) is 18.1 Å². The number of unbranched alkanes of at least 4 members (excludes halogenated alkanes) is 2. The van der Waals surface area contributed by atoms with Gasteiger partial charge in [-0.25, -0.2) is 0 Å². The lowest BCUT2D eigenvalue weighted by molar-refractivity contribution is 0.779. The number of hydrogen-bond acceptors (Lipinski definition) is 1. The van der Waals surface area contributed by atoms with Crippen molar-refractivity contribution in [2.24, 2.45) is 0 Å². The van der Waals surface area contributed by atoms with Gasteiger partial charge in [-0.05, 0) is 12.2 Å². The van der Waals surface area contributed by atoms with E-state index < -0.39 is 7.22 Å². The first kappa shape index (κ1) is 13.6. The summed E-state index contributed by atoms with van der Waals surface area (Å²) >= 11 is 2.35. The van der Waals surface area contributed by atoms with Gasteiger partial charge in [0.05, 0.1) is 0 Å². The first-order valence-electron chi connectivity index (χ1n) is 5.88. The molecule has 0 aliphatic rings. The van der Waals surface area contributed by atoms with E-state index in [2.05, 4.69) is 38.9 Å². The summed E-state index contributed by atoms with van der Waals surface area (Å²) in [7, 11) is -0.851. The Morgan fingerprint density at radius 1 is 0.846 bits per heavy atom. The summed E-state index contributed by atoms with van der Waals surface area (Å²) in [5.41, 5.74) is 0. The molecule has 80 valence electrons. The molecule has 2 heteroatoms. The molecule has 0 aromatic rings. The highest BCUT2D eigenvalue weighted by atomic mass is 32.4. The molecule has 0 rings (SSSR count). The third kappa shape index (κ3) is 5.11. The van der Waals surface area contributed by atoms with Crippen LogP contribution in [0.4, 0.5) is 0 Å². The van der Waals surface area contributed by atoms with Crippen molar-refractivity contribution in [3.63, 3.8) is 0 Å². The molecule has 0 heterocycles. The topological polar surface area (TPSA) is 0 Å². The maximum Gasteiger partial charge on any atom is 0.116 e. The Bertz CT molecular complexity index is 102. The monoisotopic (exact) mass is 218 g/mol. The summed E-state index contributed by atoms with van der Waals surface area (Å²) in [6, 6.07) is 4.41. The Morgan fingerprint density at radius 2 is 1.38 bits per heavy atom. The molecule has 0 fully saturated rings. The quantitative estimate of drug-likeness (QED) is 0.412. The van der Waals surface area contributed by atoms with Crippen LogP contribution in [-0.2, 0) is 0 Å². The summed E-state index contributed by atoms with van der Waals surface area (Å²) in [6.45, 7) is 9.47. The summed E-state index contributed by atoms with van der Waals surface area (Å²) in [5, 5.41) is 0. The Kier molecular flexibility index (Phi) is 8.27. The molecule has 0 saturated carbocycles. The van der Waals surface area contributed by atoms with Crippen LogP contribution in [0.3, 0.4) is 0 Å². The maximum atomic E-state index is 2.39. The van der Waals surface area contributed by atoms with Crippen molar-refractivity contribution in [3.05, 3.63) is 0 Å². The van der Waals surface area contributed by atoms with Crippen molar-refractivity contribution >= 4 is 18.4 Å². The normalized spacial score (nSPS) is 12.0. The van der Waals surface area contributed by atoms with Crippen LogP contribution in [0.15, 0.2) is 0 Å². The maximum absolute atomic E-state index is 2.39. The number of hydrogen-bond donors (Lipinski definition) is 0. The van der Waals surface area contributed by atoms with Crippen molar-refractivity contribution in [1.29, 1.82) is 0 Å². The molecule has 0 aromatic heterocycles. The second-order valence-electron chi connectivity index (χ2n) is 3.80. The summed E-state index contributed by atoms with van der Waals surface area (Å²) in [6.07, 6.45) is 4.23. The molecule has 0 unspecified atom stereocenters. The predicted molar refractivity (Wildman–Crippen MR) is 69.2 cm³/mol. The van der Waals surface area contributed by atoms with E-state index in [0.717, 1.165) is 0 Å². The Morgan fingerprint density at radius 3 is 1.77 bits per heavy atom. The van der Waals surface area contributed by atoms with E-state index in [4.69, 9.17) is 0 Å². The molecule has 0 aromatic carbocycles. The summed E-state index contributed by atoms with van der Waals surface area (Å²) < 4.78 is 0. The first-order chi connectivity index (χ1) is 6.24. The molecule has 0 radical (unpaired) electrons. The van der Waals surface area contributed by atoms with Crippen molar-refractivity contribution in [2.75, 3.05) is 5.75 Å². The molecule has 0 atom stereocenters. The predicted octanol–water partition coefficient (Wildman–Crippen LogP) is 4.92. The molecular weight excluding hydrogens is 192 g/mol. The standard InChI is InChI=1S/C11H26SSi/c1-5-9-10-11-12-13(6-2,7-3)8-4/h5-11H2,1-4H3. The lowest BCUT2D eigenvalue weighted by Gasteiger charge is -2.27. The van der Waals surface area contributed by atoms with Gasteiger partial charge in [-0.2, -0.15) is 11.2 Å². The van der Waals surface area contributed by atoms with E-state index in [1.807, 2.05) is 0 Å². The molecule has 0 spiro atoms. The van der Waals surface area contributed by atoms with E-state index >= 15 is 0 Å². The molecule has 0 N–H and O–H groups in total. The second kappa shape index (κ2) is 7.92. The van der Waals surface area contributed by atoms with Crippen molar-refractivity contribution in [2.45, 2.75) is 65.1 Å². The summed E-state index contributed by atoms with van der Waals surface area (Å²) in [4.78, 5) is 0. The fourth-order valence-corrected chi connectivity index (χ4v) is 8.16. The SMILES string of the molecule is CCCCCS[Si](CC)(CC)CC. The molecule has 0 bridgehead atoms. The molecule has 0 saturated heterocycles. The van der Waals surface area contributed by atoms with Gasteiger partial charge in [0, 0.05) is 0 Å². The fraction of sp³-hybridized carbons (Fsp3) is 1.00. The molecule has 0 aliphatic heterocycles. The third-order valence-corrected chi connectivity index (χ3v) is 13.1. The molecule has 0 nitrogen and oxygen atoms in total. The minimum atomic E-state index is -0.851. The minimum absolute atomic E-state index is 0.851. The highest BCUT2D eigenvalue weighted by Gasteiger charge is 2.26. The van der Waals surface area contributed by atoms with Gasteiger partial charge in [-0.3, -0.25) is 0 Å². The van der Waals surface area contributed by atoms with Gasteiger partial charge < -0.3 is 0 Å². The van der Waals surface area contributed by atoms with Gasteiger partial charge in [0.25, 0.3) is 0 Å². The van der Waals surface area contributed by atoms with Gasteiger partial charge >= 0.3 is 0 Å². The zero-order valence-electron chi connectivity index (χ0n) is 9.86. The van der Waals surface area contributed by atoms with Gasteiger partial charge in [0.15, 0.2) is 0 Å². The zero-order chi connectivity index (χ0) is 10.2. The Balaban J connectivity index is 3.68. The Labute approximate surface area is 89.5 Å². The van der Waals surface area contributed by atoms with Crippen LogP contribution >= 0.6 is 11.2 Å². The second-order valence-corrected chi connectivity index (χ2v) is 12.4. The van der Waals surface area contributed by atoms with E-state index in [9.17, 15) is 0 Å². The van der Waals surface area contributed by atoms with Gasteiger partial charge in [-0.1, -0.05) is 58.7 Å². The average molecular weight is 218 g/mol. The van der Waals surface area contributed by atoms with Gasteiger partial charge in [-0.15, -0.1) is 0 Å². The van der Waals surface area contributed by atoms with Gasteiger partial charge in [0.2, 0.25) is 0 Å². The van der Waals surface area contributed by atoms with E-state index in [-0.39, 0.29) is 0 Å². The lowest BCUT2D eigenvalue weighted by atomic mass is 10.3. The van der Waals surface area contributed by atoms with Crippen molar-refractivity contribution in [1.82, 2.24) is 0 Å². The van der Waals surface area contributed by atoms with E-state index in [1.165, 1.54) is 43.1 Å². The zero-order valence-corrected chi connectivity index (χ0v) is 11.7. The first-order valence-corrected chi connectivity index (χ1v) is 10.2. The minimum Gasteiger partial charge on any atom is -0.185 e.